The molecule has 1 saturated heterocycles. The molecule has 20 heavy (non-hydrogen) atoms. The number of likely N-dealkylation sites (N-methyl/N-ethyl adjacent to an activating group) is 2. The van der Waals surface area contributed by atoms with Crippen LogP contribution in [0.15, 0.2) is 18.2 Å². The number of halogens is 2. The van der Waals surface area contributed by atoms with Crippen molar-refractivity contribution in [2.45, 2.75) is 12.6 Å². The van der Waals surface area contributed by atoms with E-state index < -0.39 is 6.04 Å². The zero-order valence-corrected chi connectivity index (χ0v) is 12.7. The number of rotatable bonds is 3. The molecule has 7 heteroatoms. The van der Waals surface area contributed by atoms with Crippen LogP contribution in [0.5, 0.6) is 0 Å². The smallest absolute Gasteiger partial charge is 0.320 e. The number of hydrogen-bond donors (Lipinski definition) is 1. The molecular weight excluding hydrogens is 301 g/mol. The minimum Gasteiger partial charge on any atom is -0.350 e. The van der Waals surface area contributed by atoms with Crippen molar-refractivity contribution in [2.24, 2.45) is 0 Å². The minimum atomic E-state index is -0.474. The average molecular weight is 316 g/mol. The standard InChI is InChI=1S/C13H15Cl2N3O2/c1-17-7-11(18(2)13(17)20)12(19)16-6-8-3-4-9(14)5-10(8)15/h3-5,11H,6-7H2,1-2H3,(H,16,19). The molecule has 1 atom stereocenters. The molecule has 108 valence electrons. The summed E-state index contributed by atoms with van der Waals surface area (Å²) in [5.74, 6) is -0.198. The third-order valence-electron chi connectivity index (χ3n) is 3.31. The zero-order chi connectivity index (χ0) is 14.9. The number of nitrogens with zero attached hydrogens (tertiary/aromatic N) is 2. The SMILES string of the molecule is CN1CC(C(=O)NCc2ccc(Cl)cc2Cl)N(C)C1=O. The van der Waals surface area contributed by atoms with Gasteiger partial charge in [0.25, 0.3) is 0 Å². The number of amides is 3. The van der Waals surface area contributed by atoms with Crippen LogP contribution in [0, 0.1) is 0 Å². The molecular formula is C13H15Cl2N3O2. The van der Waals surface area contributed by atoms with Gasteiger partial charge in [-0.25, -0.2) is 4.79 Å². The summed E-state index contributed by atoms with van der Waals surface area (Å²) in [5, 5.41) is 3.84. The largest absolute Gasteiger partial charge is 0.350 e. The van der Waals surface area contributed by atoms with E-state index in [-0.39, 0.29) is 11.9 Å². The molecule has 0 spiro atoms. The number of carbonyl (C=O) groups excluding carboxylic acids is 2. The summed E-state index contributed by atoms with van der Waals surface area (Å²) in [7, 11) is 3.29. The van der Waals surface area contributed by atoms with Crippen molar-refractivity contribution in [3.63, 3.8) is 0 Å². The molecule has 1 fully saturated rings. The summed E-state index contributed by atoms with van der Waals surface area (Å²) in [4.78, 5) is 26.7. The van der Waals surface area contributed by atoms with Crippen molar-refractivity contribution in [1.82, 2.24) is 15.1 Å². The fourth-order valence-corrected chi connectivity index (χ4v) is 2.56. The maximum absolute atomic E-state index is 12.1. The van der Waals surface area contributed by atoms with E-state index in [0.717, 1.165) is 5.56 Å². The Morgan fingerprint density at radius 1 is 1.40 bits per heavy atom. The average Bonchev–Trinajstić information content (AvgIpc) is 2.65. The first-order valence-corrected chi connectivity index (χ1v) is 6.85. The van der Waals surface area contributed by atoms with Gasteiger partial charge in [-0.15, -0.1) is 0 Å². The summed E-state index contributed by atoms with van der Waals surface area (Å²) in [5.41, 5.74) is 0.782. The van der Waals surface area contributed by atoms with Crippen LogP contribution in [0.25, 0.3) is 0 Å². The van der Waals surface area contributed by atoms with Gasteiger partial charge in [0, 0.05) is 30.7 Å². The Hall–Kier alpha value is -1.46. The fourth-order valence-electron chi connectivity index (χ4n) is 2.09. The molecule has 1 N–H and O–H groups in total. The topological polar surface area (TPSA) is 52.7 Å². The van der Waals surface area contributed by atoms with Crippen molar-refractivity contribution in [3.05, 3.63) is 33.8 Å². The van der Waals surface area contributed by atoms with E-state index in [4.69, 9.17) is 23.2 Å². The molecule has 0 saturated carbocycles. The number of hydrogen-bond acceptors (Lipinski definition) is 2. The Labute approximate surface area is 127 Å². The third kappa shape index (κ3) is 2.99. The van der Waals surface area contributed by atoms with E-state index in [2.05, 4.69) is 5.32 Å². The number of urea groups is 1. The van der Waals surface area contributed by atoms with E-state index in [1.807, 2.05) is 0 Å². The molecule has 1 aromatic rings. The highest BCUT2D eigenvalue weighted by atomic mass is 35.5. The molecule has 1 aromatic carbocycles. The Balaban J connectivity index is 1.97. The van der Waals surface area contributed by atoms with E-state index >= 15 is 0 Å². The third-order valence-corrected chi connectivity index (χ3v) is 3.90. The predicted molar refractivity (Wildman–Crippen MR) is 77.9 cm³/mol. The molecule has 1 aliphatic heterocycles. The quantitative estimate of drug-likeness (QED) is 0.927. The van der Waals surface area contributed by atoms with Gasteiger partial charge < -0.3 is 15.1 Å². The van der Waals surface area contributed by atoms with Crippen molar-refractivity contribution in [1.29, 1.82) is 0 Å². The van der Waals surface area contributed by atoms with Gasteiger partial charge in [0.2, 0.25) is 5.91 Å². The van der Waals surface area contributed by atoms with Crippen LogP contribution in [0.2, 0.25) is 10.0 Å². The summed E-state index contributed by atoms with van der Waals surface area (Å²) in [6.07, 6.45) is 0. The number of benzene rings is 1. The summed E-state index contributed by atoms with van der Waals surface area (Å²) in [6.45, 7) is 0.687. The molecule has 0 radical (unpaired) electrons. The van der Waals surface area contributed by atoms with E-state index in [0.29, 0.717) is 23.1 Å². The Bertz CT molecular complexity index is 550. The summed E-state index contributed by atoms with van der Waals surface area (Å²) >= 11 is 11.9. The van der Waals surface area contributed by atoms with Crippen LogP contribution in [0.3, 0.4) is 0 Å². The Kier molecular flexibility index (Phi) is 4.40. The van der Waals surface area contributed by atoms with Crippen LogP contribution >= 0.6 is 23.2 Å². The molecule has 0 bridgehead atoms. The molecule has 1 heterocycles. The molecule has 1 aliphatic rings. The molecule has 1 unspecified atom stereocenters. The second kappa shape index (κ2) is 5.89. The van der Waals surface area contributed by atoms with Crippen LogP contribution in [-0.4, -0.2) is 48.4 Å². The highest BCUT2D eigenvalue weighted by molar-refractivity contribution is 6.35. The van der Waals surface area contributed by atoms with Crippen LogP contribution in [-0.2, 0) is 11.3 Å². The first-order chi connectivity index (χ1) is 9.40. The van der Waals surface area contributed by atoms with Gasteiger partial charge in [0.15, 0.2) is 0 Å². The van der Waals surface area contributed by atoms with E-state index in [1.165, 1.54) is 9.80 Å². The molecule has 0 aliphatic carbocycles. The van der Waals surface area contributed by atoms with Crippen LogP contribution in [0.1, 0.15) is 5.56 Å². The molecule has 3 amide bonds. The van der Waals surface area contributed by atoms with Crippen molar-refractivity contribution < 1.29 is 9.59 Å². The van der Waals surface area contributed by atoms with E-state index in [1.54, 1.807) is 32.3 Å². The lowest BCUT2D eigenvalue weighted by Gasteiger charge is -2.17. The van der Waals surface area contributed by atoms with Crippen molar-refractivity contribution in [2.75, 3.05) is 20.6 Å². The number of nitrogens with one attached hydrogen (secondary N) is 1. The zero-order valence-electron chi connectivity index (χ0n) is 11.2. The minimum absolute atomic E-state index is 0.158. The molecule has 5 nitrogen and oxygen atoms in total. The monoisotopic (exact) mass is 315 g/mol. The second-order valence-electron chi connectivity index (χ2n) is 4.74. The maximum atomic E-state index is 12.1. The van der Waals surface area contributed by atoms with Gasteiger partial charge in [-0.3, -0.25) is 4.79 Å². The Morgan fingerprint density at radius 3 is 2.65 bits per heavy atom. The lowest BCUT2D eigenvalue weighted by Crippen LogP contribution is -2.43. The van der Waals surface area contributed by atoms with Gasteiger partial charge in [0.1, 0.15) is 6.04 Å². The first kappa shape index (κ1) is 14.9. The summed E-state index contributed by atoms with van der Waals surface area (Å²) < 4.78 is 0. The van der Waals surface area contributed by atoms with Crippen LogP contribution in [0.4, 0.5) is 4.79 Å². The molecule has 2 rings (SSSR count). The van der Waals surface area contributed by atoms with E-state index in [9.17, 15) is 9.59 Å². The van der Waals surface area contributed by atoms with Gasteiger partial charge in [0.05, 0.1) is 6.54 Å². The second-order valence-corrected chi connectivity index (χ2v) is 5.59. The van der Waals surface area contributed by atoms with Gasteiger partial charge >= 0.3 is 6.03 Å². The van der Waals surface area contributed by atoms with Gasteiger partial charge in [-0.2, -0.15) is 0 Å². The number of carbonyl (C=O) groups is 2. The lowest BCUT2D eigenvalue weighted by atomic mass is 10.2. The highest BCUT2D eigenvalue weighted by Gasteiger charge is 2.36. The lowest BCUT2D eigenvalue weighted by molar-refractivity contribution is -0.124. The Morgan fingerprint density at radius 2 is 2.10 bits per heavy atom. The summed E-state index contributed by atoms with van der Waals surface area (Å²) in [6, 6.07) is 4.48. The first-order valence-electron chi connectivity index (χ1n) is 6.09. The normalized spacial score (nSPS) is 18.6. The highest BCUT2D eigenvalue weighted by Crippen LogP contribution is 2.21. The van der Waals surface area contributed by atoms with Gasteiger partial charge in [-0.05, 0) is 17.7 Å². The maximum Gasteiger partial charge on any atom is 0.320 e. The van der Waals surface area contributed by atoms with Crippen molar-refractivity contribution in [3.8, 4) is 0 Å². The predicted octanol–water partition coefficient (Wildman–Crippen LogP) is 1.98. The van der Waals surface area contributed by atoms with Crippen LogP contribution < -0.4 is 5.32 Å². The molecule has 0 aromatic heterocycles. The fraction of sp³-hybridized carbons (Fsp3) is 0.385. The van der Waals surface area contributed by atoms with Gasteiger partial charge in [-0.1, -0.05) is 29.3 Å². The van der Waals surface area contributed by atoms with Crippen molar-refractivity contribution >= 4 is 35.1 Å².